The van der Waals surface area contributed by atoms with Gasteiger partial charge in [-0.1, -0.05) is 36.8 Å². The lowest BCUT2D eigenvalue weighted by molar-refractivity contribution is -0.127. The van der Waals surface area contributed by atoms with Crippen LogP contribution in [0.5, 0.6) is 0 Å². The number of carbonyl (C=O) groups is 1. The molecule has 4 rings (SSSR count). The topological polar surface area (TPSA) is 66.5 Å². The van der Waals surface area contributed by atoms with E-state index in [1.54, 1.807) is 6.08 Å². The van der Waals surface area contributed by atoms with Crippen molar-refractivity contribution in [2.45, 2.75) is 51.5 Å². The number of piperidine rings is 1. The van der Waals surface area contributed by atoms with Crippen molar-refractivity contribution in [1.29, 1.82) is 0 Å². The van der Waals surface area contributed by atoms with E-state index in [0.717, 1.165) is 17.4 Å². The molecular weight excluding hydrogens is 384 g/mol. The zero-order chi connectivity index (χ0) is 20.4. The average molecular weight is 417 g/mol. The van der Waals surface area contributed by atoms with E-state index in [2.05, 4.69) is 12.2 Å². The first-order valence-corrected chi connectivity index (χ1v) is 12.5. The van der Waals surface area contributed by atoms with Crippen molar-refractivity contribution in [3.8, 4) is 0 Å². The maximum absolute atomic E-state index is 12.7. The van der Waals surface area contributed by atoms with Gasteiger partial charge in [-0.15, -0.1) is 0 Å². The van der Waals surface area contributed by atoms with Crippen LogP contribution in [0.4, 0.5) is 0 Å². The third-order valence-electron chi connectivity index (χ3n) is 7.22. The van der Waals surface area contributed by atoms with Crippen LogP contribution in [0.2, 0.25) is 0 Å². The van der Waals surface area contributed by atoms with E-state index < -0.39 is 10.0 Å². The average Bonchev–Trinajstić information content (AvgIpc) is 3.37. The molecule has 1 aromatic rings. The van der Waals surface area contributed by atoms with E-state index in [1.165, 1.54) is 35.4 Å². The third-order valence-corrected chi connectivity index (χ3v) is 8.79. The smallest absolute Gasteiger partial charge is 0.236 e. The summed E-state index contributed by atoms with van der Waals surface area (Å²) in [6.07, 6.45) is 8.11. The van der Waals surface area contributed by atoms with E-state index in [0.29, 0.717) is 31.8 Å². The molecule has 0 radical (unpaired) electrons. The SMILES string of the molecule is CC(NC(=O)C1CCN(S(=O)(=O)C=Cc2ccccc2)CC1)C1CC2CCC1C2. The summed E-state index contributed by atoms with van der Waals surface area (Å²) in [5.74, 6) is 2.32. The molecule has 3 fully saturated rings. The summed E-state index contributed by atoms with van der Waals surface area (Å²) in [5.41, 5.74) is 0.861. The number of sulfonamides is 1. The Morgan fingerprint density at radius 2 is 1.83 bits per heavy atom. The van der Waals surface area contributed by atoms with Gasteiger partial charge in [-0.3, -0.25) is 4.79 Å². The number of amides is 1. The molecule has 0 aromatic heterocycles. The molecular formula is C23H32N2O3S. The predicted molar refractivity (Wildman–Crippen MR) is 115 cm³/mol. The number of nitrogens with one attached hydrogen (secondary N) is 1. The predicted octanol–water partition coefficient (Wildman–Crippen LogP) is 3.64. The Morgan fingerprint density at radius 1 is 1.10 bits per heavy atom. The lowest BCUT2D eigenvalue weighted by Gasteiger charge is -2.33. The minimum Gasteiger partial charge on any atom is -0.353 e. The summed E-state index contributed by atoms with van der Waals surface area (Å²) in [6, 6.07) is 9.65. The minimum absolute atomic E-state index is 0.0828. The molecule has 29 heavy (non-hydrogen) atoms. The third kappa shape index (κ3) is 4.75. The number of hydrogen-bond acceptors (Lipinski definition) is 3. The van der Waals surface area contributed by atoms with Gasteiger partial charge < -0.3 is 5.32 Å². The molecule has 3 aliphatic rings. The molecule has 1 aliphatic heterocycles. The van der Waals surface area contributed by atoms with Crippen molar-refractivity contribution in [3.05, 3.63) is 41.3 Å². The van der Waals surface area contributed by atoms with Gasteiger partial charge in [0.2, 0.25) is 15.9 Å². The molecule has 2 bridgehead atoms. The zero-order valence-electron chi connectivity index (χ0n) is 17.2. The van der Waals surface area contributed by atoms with Gasteiger partial charge in [-0.25, -0.2) is 8.42 Å². The highest BCUT2D eigenvalue weighted by atomic mass is 32.2. The summed E-state index contributed by atoms with van der Waals surface area (Å²) in [7, 11) is -3.45. The summed E-state index contributed by atoms with van der Waals surface area (Å²) in [4.78, 5) is 12.7. The van der Waals surface area contributed by atoms with Gasteiger partial charge in [-0.05, 0) is 68.4 Å². The van der Waals surface area contributed by atoms with E-state index in [9.17, 15) is 13.2 Å². The van der Waals surface area contributed by atoms with Crippen molar-refractivity contribution >= 4 is 22.0 Å². The summed E-state index contributed by atoms with van der Waals surface area (Å²) in [6.45, 7) is 2.96. The maximum atomic E-state index is 12.7. The molecule has 1 aromatic carbocycles. The van der Waals surface area contributed by atoms with Gasteiger partial charge in [0.05, 0.1) is 0 Å². The van der Waals surface area contributed by atoms with Crippen LogP contribution in [-0.4, -0.2) is 37.8 Å². The van der Waals surface area contributed by atoms with E-state index in [4.69, 9.17) is 0 Å². The molecule has 4 unspecified atom stereocenters. The molecule has 1 heterocycles. The quantitative estimate of drug-likeness (QED) is 0.770. The number of fused-ring (bicyclic) bond motifs is 2. The van der Waals surface area contributed by atoms with E-state index in [1.807, 2.05) is 30.3 Å². The second kappa shape index (κ2) is 8.60. The van der Waals surface area contributed by atoms with Gasteiger partial charge in [0.15, 0.2) is 0 Å². The molecule has 1 N–H and O–H groups in total. The molecule has 158 valence electrons. The van der Waals surface area contributed by atoms with Crippen molar-refractivity contribution in [2.75, 3.05) is 13.1 Å². The number of benzene rings is 1. The highest BCUT2D eigenvalue weighted by molar-refractivity contribution is 7.92. The second-order valence-corrected chi connectivity index (χ2v) is 10.9. The Hall–Kier alpha value is -1.66. The summed E-state index contributed by atoms with van der Waals surface area (Å²) < 4.78 is 26.7. The number of nitrogens with zero attached hydrogens (tertiary/aromatic N) is 1. The first-order valence-electron chi connectivity index (χ1n) is 11.0. The lowest BCUT2D eigenvalue weighted by atomic mass is 9.83. The highest BCUT2D eigenvalue weighted by Crippen LogP contribution is 2.49. The second-order valence-electron chi connectivity index (χ2n) is 9.07. The van der Waals surface area contributed by atoms with Crippen LogP contribution in [-0.2, 0) is 14.8 Å². The number of carbonyl (C=O) groups excluding carboxylic acids is 1. The number of rotatable bonds is 6. The first kappa shape index (κ1) is 20.6. The molecule has 2 aliphatic carbocycles. The molecule has 0 spiro atoms. The normalized spacial score (nSPS) is 29.3. The Balaban J connectivity index is 1.27. The Bertz CT molecular complexity index is 844. The fraction of sp³-hybridized carbons (Fsp3) is 0.609. The van der Waals surface area contributed by atoms with Crippen molar-refractivity contribution in [2.24, 2.45) is 23.7 Å². The molecule has 6 heteroatoms. The van der Waals surface area contributed by atoms with Crippen LogP contribution >= 0.6 is 0 Å². The largest absolute Gasteiger partial charge is 0.353 e. The standard InChI is InChI=1S/C23H32N2O3S/c1-17(22-16-19-7-8-21(22)15-19)24-23(26)20-9-12-25(13-10-20)29(27,28)14-11-18-5-3-2-4-6-18/h2-6,11,14,17,19-22H,7-10,12-13,15-16H2,1H3,(H,24,26). The summed E-state index contributed by atoms with van der Waals surface area (Å²) in [5, 5.41) is 4.53. The van der Waals surface area contributed by atoms with E-state index in [-0.39, 0.29) is 17.9 Å². The van der Waals surface area contributed by atoms with Gasteiger partial charge in [0, 0.05) is 30.5 Å². The maximum Gasteiger partial charge on any atom is 0.236 e. The van der Waals surface area contributed by atoms with Crippen LogP contribution in [0, 0.1) is 23.7 Å². The summed E-state index contributed by atoms with van der Waals surface area (Å²) >= 11 is 0. The molecule has 1 amide bonds. The Morgan fingerprint density at radius 3 is 2.45 bits per heavy atom. The first-order chi connectivity index (χ1) is 13.9. The molecule has 4 atom stereocenters. The molecule has 2 saturated carbocycles. The van der Waals surface area contributed by atoms with Crippen molar-refractivity contribution in [3.63, 3.8) is 0 Å². The Kier molecular flexibility index (Phi) is 6.11. The fourth-order valence-corrected chi connectivity index (χ4v) is 6.76. The van der Waals surface area contributed by atoms with Gasteiger partial charge in [-0.2, -0.15) is 4.31 Å². The van der Waals surface area contributed by atoms with Gasteiger partial charge >= 0.3 is 0 Å². The Labute approximate surface area is 174 Å². The fourth-order valence-electron chi connectivity index (χ4n) is 5.54. The molecule has 5 nitrogen and oxygen atoms in total. The lowest BCUT2D eigenvalue weighted by Crippen LogP contribution is -2.46. The van der Waals surface area contributed by atoms with E-state index >= 15 is 0 Å². The molecule has 1 saturated heterocycles. The van der Waals surface area contributed by atoms with Crippen molar-refractivity contribution < 1.29 is 13.2 Å². The van der Waals surface area contributed by atoms with Crippen LogP contribution in [0.3, 0.4) is 0 Å². The van der Waals surface area contributed by atoms with Crippen molar-refractivity contribution in [1.82, 2.24) is 9.62 Å². The van der Waals surface area contributed by atoms with Crippen LogP contribution < -0.4 is 5.32 Å². The minimum atomic E-state index is -3.45. The van der Waals surface area contributed by atoms with Crippen LogP contribution in [0.15, 0.2) is 35.7 Å². The monoisotopic (exact) mass is 416 g/mol. The van der Waals surface area contributed by atoms with Gasteiger partial charge in [0.1, 0.15) is 0 Å². The number of hydrogen-bond donors (Lipinski definition) is 1. The highest BCUT2D eigenvalue weighted by Gasteiger charge is 2.42. The van der Waals surface area contributed by atoms with Crippen LogP contribution in [0.25, 0.3) is 6.08 Å². The van der Waals surface area contributed by atoms with Crippen LogP contribution in [0.1, 0.15) is 51.0 Å². The van der Waals surface area contributed by atoms with Gasteiger partial charge in [0.25, 0.3) is 0 Å². The zero-order valence-corrected chi connectivity index (χ0v) is 18.0.